The number of carboxylic acid groups (broad SMARTS) is 1. The first kappa shape index (κ1) is 18.9. The summed E-state index contributed by atoms with van der Waals surface area (Å²) in [6.07, 6.45) is 11.6. The van der Waals surface area contributed by atoms with E-state index in [0.29, 0.717) is 17.8 Å². The molecule has 0 bridgehead atoms. The van der Waals surface area contributed by atoms with Gasteiger partial charge in [0.25, 0.3) is 0 Å². The SMILES string of the molecule is CN(CC(=O)O)C1CCCN(c2cncc(OCC3CCCC3)n2)CC1. The van der Waals surface area contributed by atoms with Gasteiger partial charge >= 0.3 is 5.97 Å². The molecule has 1 aliphatic heterocycles. The minimum Gasteiger partial charge on any atom is -0.480 e. The molecule has 1 aromatic rings. The van der Waals surface area contributed by atoms with Crippen LogP contribution in [0.25, 0.3) is 0 Å². The third-order valence-electron chi connectivity index (χ3n) is 5.57. The van der Waals surface area contributed by atoms with Crippen LogP contribution in [0.2, 0.25) is 0 Å². The summed E-state index contributed by atoms with van der Waals surface area (Å²) in [7, 11) is 1.89. The predicted octanol–water partition coefficient (Wildman–Crippen LogP) is 2.42. The van der Waals surface area contributed by atoms with Crippen molar-refractivity contribution in [3.63, 3.8) is 0 Å². The Balaban J connectivity index is 1.55. The second kappa shape index (κ2) is 9.16. The molecule has 2 heterocycles. The first-order valence-corrected chi connectivity index (χ1v) is 9.73. The highest BCUT2D eigenvalue weighted by atomic mass is 16.5. The monoisotopic (exact) mass is 362 g/mol. The van der Waals surface area contributed by atoms with Crippen LogP contribution in [0.15, 0.2) is 12.4 Å². The van der Waals surface area contributed by atoms with E-state index in [4.69, 9.17) is 9.84 Å². The number of aromatic nitrogens is 2. The van der Waals surface area contributed by atoms with E-state index < -0.39 is 5.97 Å². The molecule has 26 heavy (non-hydrogen) atoms. The Morgan fingerprint density at radius 2 is 2.04 bits per heavy atom. The lowest BCUT2D eigenvalue weighted by molar-refractivity contribution is -0.138. The molecule has 1 aromatic heterocycles. The summed E-state index contributed by atoms with van der Waals surface area (Å²) in [5.41, 5.74) is 0. The highest BCUT2D eigenvalue weighted by Gasteiger charge is 2.23. The molecular formula is C19H30N4O3. The van der Waals surface area contributed by atoms with Gasteiger partial charge in [-0.25, -0.2) is 0 Å². The number of likely N-dealkylation sites (N-methyl/N-ethyl adjacent to an activating group) is 1. The Morgan fingerprint density at radius 3 is 2.81 bits per heavy atom. The van der Waals surface area contributed by atoms with Crippen LogP contribution in [0.4, 0.5) is 5.82 Å². The quantitative estimate of drug-likeness (QED) is 0.798. The van der Waals surface area contributed by atoms with Crippen LogP contribution >= 0.6 is 0 Å². The number of aliphatic carboxylic acids is 1. The second-order valence-corrected chi connectivity index (χ2v) is 7.56. The molecule has 3 rings (SSSR count). The van der Waals surface area contributed by atoms with Gasteiger partial charge in [0.05, 0.1) is 25.5 Å². The maximum atomic E-state index is 10.9. The standard InChI is InChI=1S/C19H30N4O3/c1-22(13-19(24)25)16-7-4-9-23(10-8-16)17-11-20-12-18(21-17)26-14-15-5-2-3-6-15/h11-12,15-16H,2-10,13-14H2,1H3,(H,24,25). The fraction of sp³-hybridized carbons (Fsp3) is 0.737. The van der Waals surface area contributed by atoms with Crippen molar-refractivity contribution in [3.05, 3.63) is 12.4 Å². The number of nitrogens with zero attached hydrogens (tertiary/aromatic N) is 4. The molecule has 0 radical (unpaired) electrons. The first-order chi connectivity index (χ1) is 12.6. The number of rotatable bonds is 7. The Bertz CT molecular complexity index is 592. The van der Waals surface area contributed by atoms with Crippen molar-refractivity contribution in [2.75, 3.05) is 38.2 Å². The van der Waals surface area contributed by atoms with E-state index in [9.17, 15) is 4.79 Å². The third-order valence-corrected chi connectivity index (χ3v) is 5.57. The Hall–Kier alpha value is -1.89. The highest BCUT2D eigenvalue weighted by Crippen LogP contribution is 2.26. The predicted molar refractivity (Wildman–Crippen MR) is 99.6 cm³/mol. The normalized spacial score (nSPS) is 21.8. The molecule has 0 aromatic carbocycles. The van der Waals surface area contributed by atoms with Gasteiger partial charge in [-0.05, 0) is 45.1 Å². The average molecular weight is 362 g/mol. The molecular weight excluding hydrogens is 332 g/mol. The van der Waals surface area contributed by atoms with E-state index in [0.717, 1.165) is 44.8 Å². The number of anilines is 1. The van der Waals surface area contributed by atoms with Crippen LogP contribution in [-0.4, -0.2) is 65.3 Å². The molecule has 1 aliphatic carbocycles. The lowest BCUT2D eigenvalue weighted by atomic mass is 10.1. The van der Waals surface area contributed by atoms with Gasteiger partial charge in [0, 0.05) is 19.1 Å². The van der Waals surface area contributed by atoms with Crippen LogP contribution in [0.1, 0.15) is 44.9 Å². The molecule has 0 amide bonds. The van der Waals surface area contributed by atoms with Crippen molar-refractivity contribution in [1.29, 1.82) is 0 Å². The first-order valence-electron chi connectivity index (χ1n) is 9.73. The van der Waals surface area contributed by atoms with Crippen molar-refractivity contribution in [2.45, 2.75) is 51.0 Å². The van der Waals surface area contributed by atoms with Gasteiger partial charge in [-0.15, -0.1) is 0 Å². The van der Waals surface area contributed by atoms with Gasteiger partial charge in [-0.1, -0.05) is 12.8 Å². The third kappa shape index (κ3) is 5.30. The van der Waals surface area contributed by atoms with Crippen LogP contribution in [-0.2, 0) is 4.79 Å². The van der Waals surface area contributed by atoms with E-state index in [2.05, 4.69) is 14.9 Å². The molecule has 2 fully saturated rings. The summed E-state index contributed by atoms with van der Waals surface area (Å²) < 4.78 is 5.88. The van der Waals surface area contributed by atoms with Crippen molar-refractivity contribution in [3.8, 4) is 5.88 Å². The van der Waals surface area contributed by atoms with Crippen molar-refractivity contribution >= 4 is 11.8 Å². The smallest absolute Gasteiger partial charge is 0.317 e. The molecule has 1 saturated heterocycles. The summed E-state index contributed by atoms with van der Waals surface area (Å²) >= 11 is 0. The Kier molecular flexibility index (Phi) is 6.66. The molecule has 0 spiro atoms. The van der Waals surface area contributed by atoms with E-state index in [1.165, 1.54) is 25.7 Å². The molecule has 1 saturated carbocycles. The molecule has 1 N–H and O–H groups in total. The molecule has 144 valence electrons. The Labute approximate surface area is 155 Å². The lowest BCUT2D eigenvalue weighted by Gasteiger charge is -2.26. The van der Waals surface area contributed by atoms with Crippen molar-refractivity contribution in [2.24, 2.45) is 5.92 Å². The van der Waals surface area contributed by atoms with E-state index in [1.807, 2.05) is 11.9 Å². The van der Waals surface area contributed by atoms with Crippen LogP contribution in [0.5, 0.6) is 5.88 Å². The topological polar surface area (TPSA) is 78.8 Å². The number of ether oxygens (including phenoxy) is 1. The van der Waals surface area contributed by atoms with Gasteiger partial charge in [0.15, 0.2) is 5.82 Å². The van der Waals surface area contributed by atoms with Gasteiger partial charge in [-0.2, -0.15) is 4.98 Å². The van der Waals surface area contributed by atoms with Crippen LogP contribution in [0, 0.1) is 5.92 Å². The zero-order chi connectivity index (χ0) is 18.4. The number of carbonyl (C=O) groups is 1. The van der Waals surface area contributed by atoms with Gasteiger partial charge in [0.1, 0.15) is 0 Å². The summed E-state index contributed by atoms with van der Waals surface area (Å²) in [4.78, 5) is 24.1. The lowest BCUT2D eigenvalue weighted by Crippen LogP contribution is -2.36. The summed E-state index contributed by atoms with van der Waals surface area (Å²) in [6.45, 7) is 2.60. The molecule has 1 atom stereocenters. The minimum absolute atomic E-state index is 0.0922. The maximum Gasteiger partial charge on any atom is 0.317 e. The number of hydrogen-bond donors (Lipinski definition) is 1. The molecule has 2 aliphatic rings. The highest BCUT2D eigenvalue weighted by molar-refractivity contribution is 5.69. The zero-order valence-corrected chi connectivity index (χ0v) is 15.6. The fourth-order valence-electron chi connectivity index (χ4n) is 4.03. The van der Waals surface area contributed by atoms with E-state index >= 15 is 0 Å². The minimum atomic E-state index is -0.772. The molecule has 7 heteroatoms. The van der Waals surface area contributed by atoms with E-state index in [1.54, 1.807) is 12.4 Å². The van der Waals surface area contributed by atoms with Crippen molar-refractivity contribution < 1.29 is 14.6 Å². The number of carboxylic acids is 1. The fourth-order valence-corrected chi connectivity index (χ4v) is 4.03. The summed E-state index contributed by atoms with van der Waals surface area (Å²) in [5.74, 6) is 1.35. The second-order valence-electron chi connectivity index (χ2n) is 7.56. The zero-order valence-electron chi connectivity index (χ0n) is 15.6. The number of hydrogen-bond acceptors (Lipinski definition) is 6. The largest absolute Gasteiger partial charge is 0.480 e. The summed E-state index contributed by atoms with van der Waals surface area (Å²) in [5, 5.41) is 8.99. The van der Waals surface area contributed by atoms with Crippen molar-refractivity contribution in [1.82, 2.24) is 14.9 Å². The maximum absolute atomic E-state index is 10.9. The van der Waals surface area contributed by atoms with Gasteiger partial charge in [0.2, 0.25) is 5.88 Å². The molecule has 1 unspecified atom stereocenters. The molecule has 7 nitrogen and oxygen atoms in total. The van der Waals surface area contributed by atoms with Crippen LogP contribution < -0.4 is 9.64 Å². The summed E-state index contributed by atoms with van der Waals surface area (Å²) in [6, 6.07) is 0.297. The Morgan fingerprint density at radius 1 is 1.23 bits per heavy atom. The van der Waals surface area contributed by atoms with Crippen LogP contribution in [0.3, 0.4) is 0 Å². The van der Waals surface area contributed by atoms with Gasteiger partial charge in [-0.3, -0.25) is 14.7 Å². The van der Waals surface area contributed by atoms with Gasteiger partial charge < -0.3 is 14.7 Å². The average Bonchev–Trinajstić information content (AvgIpc) is 3.02. The van der Waals surface area contributed by atoms with E-state index in [-0.39, 0.29) is 6.54 Å².